The van der Waals surface area contributed by atoms with E-state index in [9.17, 15) is 32.3 Å². The Morgan fingerprint density at radius 3 is 2.15 bits per heavy atom. The fourth-order valence-corrected chi connectivity index (χ4v) is 2.02. The minimum absolute atomic E-state index is 0.0191. The molecule has 3 atom stereocenters. The van der Waals surface area contributed by atoms with Crippen molar-refractivity contribution in [3.05, 3.63) is 29.3 Å². The molecule has 0 radical (unpaired) electrons. The number of aliphatic hydroxyl groups is 1. The monoisotopic (exact) mass is 396 g/mol. The molecule has 3 unspecified atom stereocenters. The maximum Gasteiger partial charge on any atom is 0.305 e. The van der Waals surface area contributed by atoms with Crippen LogP contribution in [0.1, 0.15) is 20.3 Å². The Morgan fingerprint density at radius 2 is 1.70 bits per heavy atom. The van der Waals surface area contributed by atoms with Crippen molar-refractivity contribution in [2.45, 2.75) is 38.5 Å². The van der Waals surface area contributed by atoms with Gasteiger partial charge in [0.25, 0.3) is 0 Å². The van der Waals surface area contributed by atoms with E-state index >= 15 is 0 Å². The molecule has 27 heavy (non-hydrogen) atoms. The topological polar surface area (TPSA) is 122 Å². The molecule has 0 aliphatic heterocycles. The van der Waals surface area contributed by atoms with Crippen LogP contribution >= 0.6 is 0 Å². The highest BCUT2D eigenvalue weighted by Crippen LogP contribution is 2.26. The highest BCUT2D eigenvalue weighted by atomic mass is 19.2. The van der Waals surface area contributed by atoms with E-state index in [1.165, 1.54) is 0 Å². The maximum absolute atomic E-state index is 13.5. The highest BCUT2D eigenvalue weighted by molar-refractivity contribution is 5.82. The molecule has 1 amide bonds. The lowest BCUT2D eigenvalue weighted by Gasteiger charge is -2.25. The van der Waals surface area contributed by atoms with Crippen molar-refractivity contribution in [1.29, 1.82) is 0 Å². The molecule has 0 heterocycles. The van der Waals surface area contributed by atoms with Gasteiger partial charge in [-0.2, -0.15) is 8.78 Å². The number of benzene rings is 1. The molecule has 0 saturated heterocycles. The Bertz CT molecular complexity index is 676. The van der Waals surface area contributed by atoms with Crippen LogP contribution < -0.4 is 15.8 Å². The number of amides is 1. The number of carboxylic acid groups (broad SMARTS) is 1. The molecule has 0 fully saturated rings. The smallest absolute Gasteiger partial charge is 0.305 e. The van der Waals surface area contributed by atoms with Gasteiger partial charge in [0.1, 0.15) is 12.7 Å². The molecule has 1 aromatic carbocycles. The van der Waals surface area contributed by atoms with Crippen LogP contribution in [-0.4, -0.2) is 46.9 Å². The van der Waals surface area contributed by atoms with Crippen molar-refractivity contribution in [2.24, 2.45) is 11.7 Å². The number of rotatable bonds is 9. The molecule has 0 spiro atoms. The van der Waals surface area contributed by atoms with Crippen LogP contribution in [0.2, 0.25) is 0 Å². The summed E-state index contributed by atoms with van der Waals surface area (Å²) in [5.41, 5.74) is 5.62. The number of carbonyl (C=O) groups is 2. The Labute approximate surface area is 152 Å². The van der Waals surface area contributed by atoms with Crippen molar-refractivity contribution >= 4 is 11.9 Å². The van der Waals surface area contributed by atoms with E-state index in [1.54, 1.807) is 13.8 Å². The van der Waals surface area contributed by atoms with Gasteiger partial charge < -0.3 is 26.0 Å². The van der Waals surface area contributed by atoms with Crippen LogP contribution in [-0.2, 0) is 9.59 Å². The first kappa shape index (κ1) is 22.6. The van der Waals surface area contributed by atoms with Gasteiger partial charge in [-0.05, 0) is 5.92 Å². The van der Waals surface area contributed by atoms with Gasteiger partial charge in [0, 0.05) is 6.07 Å². The standard InChI is InChI=1S/C16H20F4N2O5/c1-6(2)14(21)16(26)22-9(4-11(24)25)10(23)5-27-15-12(19)7(17)3-8(18)13(15)20/h3,6,9-10,14,23H,4-5,21H2,1-2H3,(H,22,26)(H,24,25). The average molecular weight is 396 g/mol. The zero-order chi connectivity index (χ0) is 20.9. The molecule has 11 heteroatoms. The predicted octanol–water partition coefficient (Wildman–Crippen LogP) is 0.925. The second-order valence-electron chi connectivity index (χ2n) is 6.16. The van der Waals surface area contributed by atoms with E-state index in [1.807, 2.05) is 0 Å². The average Bonchev–Trinajstić information content (AvgIpc) is 2.57. The highest BCUT2D eigenvalue weighted by Gasteiger charge is 2.29. The van der Waals surface area contributed by atoms with Crippen molar-refractivity contribution in [3.63, 3.8) is 0 Å². The molecule has 0 bridgehead atoms. The van der Waals surface area contributed by atoms with E-state index < -0.39 is 72.1 Å². The number of aliphatic carboxylic acids is 1. The molecular weight excluding hydrogens is 376 g/mol. The van der Waals surface area contributed by atoms with Crippen molar-refractivity contribution in [1.82, 2.24) is 5.32 Å². The summed E-state index contributed by atoms with van der Waals surface area (Å²) >= 11 is 0. The van der Waals surface area contributed by atoms with Gasteiger partial charge in [-0.3, -0.25) is 9.59 Å². The third-order valence-electron chi connectivity index (χ3n) is 3.68. The van der Waals surface area contributed by atoms with Gasteiger partial charge in [0.15, 0.2) is 17.4 Å². The Hall–Kier alpha value is -2.40. The molecule has 1 aromatic rings. The molecule has 152 valence electrons. The van der Waals surface area contributed by atoms with E-state index in [4.69, 9.17) is 10.8 Å². The molecule has 7 nitrogen and oxygen atoms in total. The van der Waals surface area contributed by atoms with E-state index in [0.29, 0.717) is 0 Å². The molecule has 0 aliphatic rings. The molecule has 0 saturated carbocycles. The van der Waals surface area contributed by atoms with Crippen LogP contribution in [0.15, 0.2) is 6.07 Å². The number of ether oxygens (including phenoxy) is 1. The summed E-state index contributed by atoms with van der Waals surface area (Å²) in [6, 6.07) is -2.44. The van der Waals surface area contributed by atoms with Crippen LogP contribution in [0.25, 0.3) is 0 Å². The van der Waals surface area contributed by atoms with E-state index in [-0.39, 0.29) is 12.0 Å². The van der Waals surface area contributed by atoms with Gasteiger partial charge >= 0.3 is 5.97 Å². The summed E-state index contributed by atoms with van der Waals surface area (Å²) in [7, 11) is 0. The van der Waals surface area contributed by atoms with Crippen LogP contribution in [0.4, 0.5) is 17.6 Å². The summed E-state index contributed by atoms with van der Waals surface area (Å²) in [5.74, 6) is -10.9. The third kappa shape index (κ3) is 6.07. The van der Waals surface area contributed by atoms with E-state index in [0.717, 1.165) is 0 Å². The minimum Gasteiger partial charge on any atom is -0.485 e. The molecule has 0 aliphatic carbocycles. The predicted molar refractivity (Wildman–Crippen MR) is 84.8 cm³/mol. The lowest BCUT2D eigenvalue weighted by Crippen LogP contribution is -2.53. The first-order valence-corrected chi connectivity index (χ1v) is 7.87. The van der Waals surface area contributed by atoms with Gasteiger partial charge in [-0.25, -0.2) is 8.78 Å². The number of hydrogen-bond acceptors (Lipinski definition) is 5. The van der Waals surface area contributed by atoms with Gasteiger partial charge in [0.2, 0.25) is 17.5 Å². The fraction of sp³-hybridized carbons (Fsp3) is 0.500. The van der Waals surface area contributed by atoms with Crippen molar-refractivity contribution in [3.8, 4) is 5.75 Å². The van der Waals surface area contributed by atoms with Gasteiger partial charge in [0.05, 0.1) is 18.5 Å². The summed E-state index contributed by atoms with van der Waals surface area (Å²) in [5, 5.41) is 21.1. The number of halogens is 4. The summed E-state index contributed by atoms with van der Waals surface area (Å²) < 4.78 is 57.9. The zero-order valence-corrected chi connectivity index (χ0v) is 14.5. The lowest BCUT2D eigenvalue weighted by atomic mass is 10.0. The van der Waals surface area contributed by atoms with Crippen LogP contribution in [0, 0.1) is 29.2 Å². The largest absolute Gasteiger partial charge is 0.485 e. The quantitative estimate of drug-likeness (QED) is 0.364. The number of carbonyl (C=O) groups excluding carboxylic acids is 1. The number of nitrogens with two attached hydrogens (primary N) is 1. The number of aliphatic hydroxyl groups excluding tert-OH is 1. The SMILES string of the molecule is CC(C)C(N)C(=O)NC(CC(=O)O)C(O)COc1c(F)c(F)cc(F)c1F. The van der Waals surface area contributed by atoms with Gasteiger partial charge in [-0.15, -0.1) is 0 Å². The Kier molecular flexibility index (Phi) is 7.98. The maximum atomic E-state index is 13.5. The van der Waals surface area contributed by atoms with Gasteiger partial charge in [-0.1, -0.05) is 13.8 Å². The number of nitrogens with one attached hydrogen (secondary N) is 1. The molecule has 0 aromatic heterocycles. The minimum atomic E-state index is -1.82. The fourth-order valence-electron chi connectivity index (χ4n) is 2.02. The van der Waals surface area contributed by atoms with Crippen LogP contribution in [0.5, 0.6) is 5.75 Å². The second-order valence-corrected chi connectivity index (χ2v) is 6.16. The molecule has 1 rings (SSSR count). The first-order chi connectivity index (χ1) is 12.5. The molecule has 5 N–H and O–H groups in total. The van der Waals surface area contributed by atoms with E-state index in [2.05, 4.69) is 10.1 Å². The summed E-state index contributed by atoms with van der Waals surface area (Å²) in [6.45, 7) is 2.33. The second kappa shape index (κ2) is 9.51. The lowest BCUT2D eigenvalue weighted by molar-refractivity contribution is -0.139. The Morgan fingerprint density at radius 1 is 1.19 bits per heavy atom. The Balaban J connectivity index is 2.90. The summed E-state index contributed by atoms with van der Waals surface area (Å²) in [6.07, 6.45) is -2.53. The normalized spacial score (nSPS) is 14.6. The number of carboxylic acids is 1. The zero-order valence-electron chi connectivity index (χ0n) is 14.5. The van der Waals surface area contributed by atoms with Crippen LogP contribution in [0.3, 0.4) is 0 Å². The summed E-state index contributed by atoms with van der Waals surface area (Å²) in [4.78, 5) is 22.9. The first-order valence-electron chi connectivity index (χ1n) is 7.87. The third-order valence-corrected chi connectivity index (χ3v) is 3.68. The molecular formula is C16H20F4N2O5. The van der Waals surface area contributed by atoms with Crippen molar-refractivity contribution in [2.75, 3.05) is 6.61 Å². The van der Waals surface area contributed by atoms with Crippen molar-refractivity contribution < 1.29 is 42.1 Å². The number of hydrogen-bond donors (Lipinski definition) is 4.